The maximum Gasteiger partial charge on any atom is 0.242 e. The van der Waals surface area contributed by atoms with Crippen LogP contribution in [0.5, 0.6) is 11.5 Å². The van der Waals surface area contributed by atoms with Gasteiger partial charge < -0.3 is 14.8 Å². The summed E-state index contributed by atoms with van der Waals surface area (Å²) in [7, 11) is -2.41. The first kappa shape index (κ1) is 24.3. The van der Waals surface area contributed by atoms with Crippen LogP contribution < -0.4 is 19.5 Å². The Kier molecular flexibility index (Phi) is 8.08. The number of ether oxygens (including phenoxy) is 2. The number of methoxy groups -OCH3 is 1. The quantitative estimate of drug-likeness (QED) is 0.470. The van der Waals surface area contributed by atoms with Crippen LogP contribution >= 0.6 is 0 Å². The summed E-state index contributed by atoms with van der Waals surface area (Å²) < 4.78 is 39.5. The molecule has 0 spiro atoms. The highest BCUT2D eigenvalue weighted by molar-refractivity contribution is 7.89. The maximum atomic E-state index is 13.1. The zero-order valence-electron chi connectivity index (χ0n) is 18.9. The second kappa shape index (κ2) is 11.0. The number of carbonyl (C=O) groups is 1. The standard InChI is InChI=1S/C25H28N2O5S/c1-4-32-24-15-14-22(16-18(24)2)33(29,30)27-23(17-19-8-6-5-7-9-19)25(28)26-20-10-12-21(31-3)13-11-20/h5-16,23,27H,4,17H2,1-3H3,(H,26,28). The van der Waals surface area contributed by atoms with E-state index < -0.39 is 22.0 Å². The minimum Gasteiger partial charge on any atom is -0.497 e. The Labute approximate surface area is 194 Å². The molecule has 1 atom stereocenters. The van der Waals surface area contributed by atoms with E-state index in [1.165, 1.54) is 12.1 Å². The van der Waals surface area contributed by atoms with Gasteiger partial charge in [0.2, 0.25) is 15.9 Å². The molecule has 8 heteroatoms. The molecule has 0 aliphatic carbocycles. The largest absolute Gasteiger partial charge is 0.497 e. The van der Waals surface area contributed by atoms with Crippen LogP contribution in [0.25, 0.3) is 0 Å². The molecule has 0 aromatic heterocycles. The summed E-state index contributed by atoms with van der Waals surface area (Å²) >= 11 is 0. The van der Waals surface area contributed by atoms with Crippen LogP contribution in [-0.4, -0.2) is 34.1 Å². The Balaban J connectivity index is 1.85. The summed E-state index contributed by atoms with van der Waals surface area (Å²) in [5, 5.41) is 2.78. The predicted octanol–water partition coefficient (Wildman–Crippen LogP) is 3.93. The number of sulfonamides is 1. The van der Waals surface area contributed by atoms with Crippen molar-refractivity contribution in [1.82, 2.24) is 4.72 Å². The summed E-state index contributed by atoms with van der Waals surface area (Å²) in [6.45, 7) is 4.12. The van der Waals surface area contributed by atoms with Crippen molar-refractivity contribution in [1.29, 1.82) is 0 Å². The van der Waals surface area contributed by atoms with Crippen LogP contribution in [0.4, 0.5) is 5.69 Å². The van der Waals surface area contributed by atoms with Crippen LogP contribution in [0.2, 0.25) is 0 Å². The van der Waals surface area contributed by atoms with Gasteiger partial charge in [0.15, 0.2) is 0 Å². The van der Waals surface area contributed by atoms with E-state index in [2.05, 4.69) is 10.0 Å². The fraction of sp³-hybridized carbons (Fsp3) is 0.240. The highest BCUT2D eigenvalue weighted by Crippen LogP contribution is 2.22. The number of rotatable bonds is 10. The molecular weight excluding hydrogens is 440 g/mol. The van der Waals surface area contributed by atoms with E-state index in [1.54, 1.807) is 44.4 Å². The van der Waals surface area contributed by atoms with Gasteiger partial charge in [-0.2, -0.15) is 4.72 Å². The van der Waals surface area contributed by atoms with Crippen LogP contribution in [0.3, 0.4) is 0 Å². The minimum absolute atomic E-state index is 0.0683. The molecule has 174 valence electrons. The summed E-state index contributed by atoms with van der Waals surface area (Å²) in [6.07, 6.45) is 0.193. The molecule has 0 aliphatic heterocycles. The Morgan fingerprint density at radius 3 is 2.30 bits per heavy atom. The number of anilines is 1. The lowest BCUT2D eigenvalue weighted by Crippen LogP contribution is -2.45. The van der Waals surface area contributed by atoms with Gasteiger partial charge in [0, 0.05) is 5.69 Å². The van der Waals surface area contributed by atoms with Gasteiger partial charge in [-0.15, -0.1) is 0 Å². The Bertz CT molecular complexity index is 1180. The van der Waals surface area contributed by atoms with Crippen LogP contribution in [0.15, 0.2) is 77.7 Å². The molecule has 1 unspecified atom stereocenters. The topological polar surface area (TPSA) is 93.7 Å². The molecule has 0 bridgehead atoms. The third kappa shape index (κ3) is 6.57. The Morgan fingerprint density at radius 1 is 1.00 bits per heavy atom. The molecule has 2 N–H and O–H groups in total. The van der Waals surface area contributed by atoms with E-state index in [9.17, 15) is 13.2 Å². The van der Waals surface area contributed by atoms with E-state index in [-0.39, 0.29) is 11.3 Å². The third-order valence-corrected chi connectivity index (χ3v) is 6.48. The molecule has 0 saturated heterocycles. The first-order valence-corrected chi connectivity index (χ1v) is 12.1. The van der Waals surface area contributed by atoms with Crippen LogP contribution in [0, 0.1) is 6.92 Å². The van der Waals surface area contributed by atoms with Crippen molar-refractivity contribution in [2.75, 3.05) is 19.0 Å². The summed E-state index contributed by atoms with van der Waals surface area (Å²) in [6, 6.07) is 19.7. The number of hydrogen-bond acceptors (Lipinski definition) is 5. The van der Waals surface area contributed by atoms with E-state index in [0.717, 1.165) is 5.56 Å². The molecule has 0 fully saturated rings. The lowest BCUT2D eigenvalue weighted by atomic mass is 10.1. The van der Waals surface area contributed by atoms with Gasteiger partial charge >= 0.3 is 0 Å². The lowest BCUT2D eigenvalue weighted by molar-refractivity contribution is -0.117. The van der Waals surface area contributed by atoms with Crippen molar-refractivity contribution < 1.29 is 22.7 Å². The summed E-state index contributed by atoms with van der Waals surface area (Å²) in [5.41, 5.74) is 2.06. The molecule has 33 heavy (non-hydrogen) atoms. The maximum absolute atomic E-state index is 13.1. The molecule has 3 rings (SSSR count). The second-order valence-corrected chi connectivity index (χ2v) is 9.16. The SMILES string of the molecule is CCOc1ccc(S(=O)(=O)NC(Cc2ccccc2)C(=O)Nc2ccc(OC)cc2)cc1C. The van der Waals surface area contributed by atoms with Crippen molar-refractivity contribution in [2.24, 2.45) is 0 Å². The van der Waals surface area contributed by atoms with Crippen molar-refractivity contribution >= 4 is 21.6 Å². The fourth-order valence-corrected chi connectivity index (χ4v) is 4.58. The van der Waals surface area contributed by atoms with Gasteiger partial charge in [-0.1, -0.05) is 30.3 Å². The number of benzene rings is 3. The van der Waals surface area contributed by atoms with Gasteiger partial charge in [0.25, 0.3) is 0 Å². The highest BCUT2D eigenvalue weighted by atomic mass is 32.2. The zero-order chi connectivity index (χ0) is 23.8. The van der Waals surface area contributed by atoms with E-state index in [1.807, 2.05) is 37.3 Å². The minimum atomic E-state index is -3.97. The van der Waals surface area contributed by atoms with Gasteiger partial charge in [0.05, 0.1) is 18.6 Å². The number of amides is 1. The molecule has 0 saturated carbocycles. The van der Waals surface area contributed by atoms with Gasteiger partial charge in [-0.3, -0.25) is 4.79 Å². The number of hydrogen-bond donors (Lipinski definition) is 2. The molecule has 7 nitrogen and oxygen atoms in total. The molecule has 0 aliphatic rings. The number of carbonyl (C=O) groups excluding carboxylic acids is 1. The average Bonchev–Trinajstić information content (AvgIpc) is 2.81. The smallest absolute Gasteiger partial charge is 0.242 e. The molecular formula is C25H28N2O5S. The first-order chi connectivity index (χ1) is 15.8. The van der Waals surface area contributed by atoms with Crippen molar-refractivity contribution in [2.45, 2.75) is 31.2 Å². The van der Waals surface area contributed by atoms with Crippen molar-refractivity contribution in [3.63, 3.8) is 0 Å². The highest BCUT2D eigenvalue weighted by Gasteiger charge is 2.26. The summed E-state index contributed by atoms with van der Waals surface area (Å²) in [5.74, 6) is 0.810. The van der Waals surface area contributed by atoms with E-state index >= 15 is 0 Å². The zero-order valence-corrected chi connectivity index (χ0v) is 19.7. The predicted molar refractivity (Wildman–Crippen MR) is 128 cm³/mol. The van der Waals surface area contributed by atoms with Crippen molar-refractivity contribution in [3.05, 3.63) is 83.9 Å². The van der Waals surface area contributed by atoms with Gasteiger partial charge in [-0.25, -0.2) is 8.42 Å². The number of nitrogens with one attached hydrogen (secondary N) is 2. The first-order valence-electron chi connectivity index (χ1n) is 10.6. The second-order valence-electron chi connectivity index (χ2n) is 7.44. The Morgan fingerprint density at radius 2 is 1.70 bits per heavy atom. The molecule has 1 amide bonds. The van der Waals surface area contributed by atoms with Gasteiger partial charge in [-0.05, 0) is 73.9 Å². The van der Waals surface area contributed by atoms with Crippen molar-refractivity contribution in [3.8, 4) is 11.5 Å². The molecule has 3 aromatic carbocycles. The van der Waals surface area contributed by atoms with E-state index in [4.69, 9.17) is 9.47 Å². The molecule has 0 radical (unpaired) electrons. The molecule has 0 heterocycles. The summed E-state index contributed by atoms with van der Waals surface area (Å²) in [4.78, 5) is 13.2. The van der Waals surface area contributed by atoms with Crippen LogP contribution in [0.1, 0.15) is 18.1 Å². The molecule has 3 aromatic rings. The average molecular weight is 469 g/mol. The third-order valence-electron chi connectivity index (χ3n) is 5.01. The Hall–Kier alpha value is -3.36. The number of aryl methyl sites for hydroxylation is 1. The lowest BCUT2D eigenvalue weighted by Gasteiger charge is -2.19. The van der Waals surface area contributed by atoms with Gasteiger partial charge in [0.1, 0.15) is 17.5 Å². The monoisotopic (exact) mass is 468 g/mol. The van der Waals surface area contributed by atoms with Crippen LogP contribution in [-0.2, 0) is 21.2 Å². The normalized spacial score (nSPS) is 12.1. The fourth-order valence-electron chi connectivity index (χ4n) is 3.30. The van der Waals surface area contributed by atoms with E-state index in [0.29, 0.717) is 29.4 Å².